The monoisotopic (exact) mass is 271 g/mol. The van der Waals surface area contributed by atoms with Gasteiger partial charge in [0.2, 0.25) is 0 Å². The van der Waals surface area contributed by atoms with Crippen molar-refractivity contribution in [3.8, 4) is 0 Å². The molecule has 0 saturated heterocycles. The van der Waals surface area contributed by atoms with Gasteiger partial charge in [-0.3, -0.25) is 0 Å². The summed E-state index contributed by atoms with van der Waals surface area (Å²) in [6, 6.07) is 7.42. The molecule has 0 spiro atoms. The van der Waals surface area contributed by atoms with Gasteiger partial charge >= 0.3 is 0 Å². The molecule has 0 aromatic heterocycles. The second-order valence-electron chi connectivity index (χ2n) is 4.63. The fraction of sp³-hybridized carbons (Fsp3) is 0.500. The van der Waals surface area contributed by atoms with Crippen molar-refractivity contribution >= 4 is 10.2 Å². The molecule has 1 aromatic rings. The molecule has 0 fully saturated rings. The summed E-state index contributed by atoms with van der Waals surface area (Å²) < 4.78 is 28.0. The fourth-order valence-corrected chi connectivity index (χ4v) is 2.53. The van der Waals surface area contributed by atoms with E-state index in [0.29, 0.717) is 0 Å². The maximum absolute atomic E-state index is 11.5. The van der Waals surface area contributed by atoms with Crippen LogP contribution in [0.2, 0.25) is 0 Å². The first-order valence-electron chi connectivity index (χ1n) is 5.91. The predicted molar refractivity (Wildman–Crippen MR) is 73.1 cm³/mol. The molecule has 0 aliphatic rings. The van der Waals surface area contributed by atoms with Crippen molar-refractivity contribution in [2.45, 2.75) is 39.4 Å². The molecule has 6 heteroatoms. The SMILES string of the molecule is CC(C)NS(=O)(=O)NCc1ccc(C(C)N)cc1. The molecule has 1 unspecified atom stereocenters. The Hall–Kier alpha value is -0.950. The van der Waals surface area contributed by atoms with Gasteiger partial charge in [-0.15, -0.1) is 0 Å². The molecule has 0 aliphatic carbocycles. The van der Waals surface area contributed by atoms with E-state index in [-0.39, 0.29) is 18.6 Å². The van der Waals surface area contributed by atoms with Gasteiger partial charge in [0, 0.05) is 18.6 Å². The van der Waals surface area contributed by atoms with Crippen LogP contribution in [0.25, 0.3) is 0 Å². The van der Waals surface area contributed by atoms with Gasteiger partial charge in [0.25, 0.3) is 10.2 Å². The molecular formula is C12H21N3O2S. The second-order valence-corrected chi connectivity index (χ2v) is 6.16. The molecule has 4 N–H and O–H groups in total. The highest BCUT2D eigenvalue weighted by molar-refractivity contribution is 7.87. The van der Waals surface area contributed by atoms with E-state index in [4.69, 9.17) is 5.73 Å². The van der Waals surface area contributed by atoms with Crippen molar-refractivity contribution in [1.82, 2.24) is 9.44 Å². The lowest BCUT2D eigenvalue weighted by molar-refractivity contribution is 0.554. The largest absolute Gasteiger partial charge is 0.324 e. The van der Waals surface area contributed by atoms with Gasteiger partial charge in [0.15, 0.2) is 0 Å². The Balaban J connectivity index is 2.59. The van der Waals surface area contributed by atoms with Crippen LogP contribution < -0.4 is 15.2 Å². The van der Waals surface area contributed by atoms with Gasteiger partial charge in [0.05, 0.1) is 0 Å². The molecule has 0 aliphatic heterocycles. The van der Waals surface area contributed by atoms with E-state index >= 15 is 0 Å². The molecule has 0 heterocycles. The van der Waals surface area contributed by atoms with Crippen LogP contribution in [-0.2, 0) is 16.8 Å². The Morgan fingerprint density at radius 3 is 2.17 bits per heavy atom. The lowest BCUT2D eigenvalue weighted by Gasteiger charge is -2.11. The third-order valence-corrected chi connectivity index (χ3v) is 3.67. The molecule has 102 valence electrons. The van der Waals surface area contributed by atoms with E-state index in [1.165, 1.54) is 0 Å². The minimum absolute atomic E-state index is 0.0154. The Kier molecular flexibility index (Phi) is 5.28. The Bertz CT molecular complexity index is 467. The van der Waals surface area contributed by atoms with Crippen LogP contribution in [-0.4, -0.2) is 14.5 Å². The summed E-state index contributed by atoms with van der Waals surface area (Å²) in [6.45, 7) is 5.72. The Labute approximate surface area is 109 Å². The third kappa shape index (κ3) is 5.14. The summed E-state index contributed by atoms with van der Waals surface area (Å²) in [5, 5.41) is 0. The molecule has 1 aromatic carbocycles. The van der Waals surface area contributed by atoms with Crippen LogP contribution in [0, 0.1) is 0 Å². The summed E-state index contributed by atoms with van der Waals surface area (Å²) >= 11 is 0. The Morgan fingerprint density at radius 2 is 1.72 bits per heavy atom. The van der Waals surface area contributed by atoms with E-state index in [0.717, 1.165) is 11.1 Å². The average Bonchev–Trinajstić information content (AvgIpc) is 2.25. The van der Waals surface area contributed by atoms with Gasteiger partial charge < -0.3 is 5.73 Å². The molecule has 0 saturated carbocycles. The number of nitrogens with two attached hydrogens (primary N) is 1. The van der Waals surface area contributed by atoms with Crippen molar-refractivity contribution in [3.05, 3.63) is 35.4 Å². The number of benzene rings is 1. The highest BCUT2D eigenvalue weighted by Crippen LogP contribution is 2.10. The Morgan fingerprint density at radius 1 is 1.17 bits per heavy atom. The zero-order valence-corrected chi connectivity index (χ0v) is 11.8. The first kappa shape index (κ1) is 15.1. The van der Waals surface area contributed by atoms with Gasteiger partial charge in [-0.1, -0.05) is 24.3 Å². The normalized spacial score (nSPS) is 13.8. The van der Waals surface area contributed by atoms with E-state index in [1.807, 2.05) is 31.2 Å². The third-order valence-electron chi connectivity index (χ3n) is 2.36. The summed E-state index contributed by atoms with van der Waals surface area (Å²) in [7, 11) is -3.43. The van der Waals surface area contributed by atoms with E-state index in [9.17, 15) is 8.42 Å². The van der Waals surface area contributed by atoms with Gasteiger partial charge in [0.1, 0.15) is 0 Å². The van der Waals surface area contributed by atoms with Gasteiger partial charge in [-0.25, -0.2) is 0 Å². The maximum atomic E-state index is 11.5. The van der Waals surface area contributed by atoms with Crippen LogP contribution in [0.4, 0.5) is 0 Å². The zero-order valence-electron chi connectivity index (χ0n) is 11.0. The maximum Gasteiger partial charge on any atom is 0.277 e. The molecule has 1 rings (SSSR count). The van der Waals surface area contributed by atoms with Crippen LogP contribution in [0.15, 0.2) is 24.3 Å². The molecule has 0 amide bonds. The smallest absolute Gasteiger partial charge is 0.277 e. The number of hydrogen-bond acceptors (Lipinski definition) is 3. The number of hydrogen-bond donors (Lipinski definition) is 3. The topological polar surface area (TPSA) is 84.2 Å². The van der Waals surface area contributed by atoms with Gasteiger partial charge in [-0.05, 0) is 31.9 Å². The minimum Gasteiger partial charge on any atom is -0.324 e. The fourth-order valence-electron chi connectivity index (χ4n) is 1.47. The summed E-state index contributed by atoms with van der Waals surface area (Å²) in [5.41, 5.74) is 7.67. The first-order valence-corrected chi connectivity index (χ1v) is 7.40. The minimum atomic E-state index is -3.43. The summed E-state index contributed by atoms with van der Waals surface area (Å²) in [5.74, 6) is 0. The average molecular weight is 271 g/mol. The molecule has 1 atom stereocenters. The zero-order chi connectivity index (χ0) is 13.8. The summed E-state index contributed by atoms with van der Waals surface area (Å²) in [4.78, 5) is 0. The van der Waals surface area contributed by atoms with Crippen molar-refractivity contribution in [2.75, 3.05) is 0 Å². The van der Waals surface area contributed by atoms with E-state index < -0.39 is 10.2 Å². The van der Waals surface area contributed by atoms with E-state index in [2.05, 4.69) is 9.44 Å². The van der Waals surface area contributed by atoms with Crippen molar-refractivity contribution in [2.24, 2.45) is 5.73 Å². The number of rotatable bonds is 6. The number of nitrogens with one attached hydrogen (secondary N) is 2. The highest BCUT2D eigenvalue weighted by Gasteiger charge is 2.10. The lowest BCUT2D eigenvalue weighted by atomic mass is 10.1. The quantitative estimate of drug-likeness (QED) is 0.722. The van der Waals surface area contributed by atoms with Crippen LogP contribution in [0.1, 0.15) is 37.9 Å². The first-order chi connectivity index (χ1) is 8.30. The molecule has 0 bridgehead atoms. The molecular weight excluding hydrogens is 250 g/mol. The standard InChI is InChI=1S/C12H21N3O2S/c1-9(2)15-18(16,17)14-8-11-4-6-12(7-5-11)10(3)13/h4-7,9-10,14-15H,8,13H2,1-3H3. The van der Waals surface area contributed by atoms with Crippen molar-refractivity contribution in [3.63, 3.8) is 0 Å². The van der Waals surface area contributed by atoms with Crippen LogP contribution >= 0.6 is 0 Å². The lowest BCUT2D eigenvalue weighted by Crippen LogP contribution is -2.39. The van der Waals surface area contributed by atoms with Gasteiger partial charge in [-0.2, -0.15) is 17.9 Å². The molecule has 5 nitrogen and oxygen atoms in total. The van der Waals surface area contributed by atoms with Crippen molar-refractivity contribution < 1.29 is 8.42 Å². The van der Waals surface area contributed by atoms with E-state index in [1.54, 1.807) is 13.8 Å². The second kappa shape index (κ2) is 6.29. The predicted octanol–water partition coefficient (Wildman–Crippen LogP) is 1.04. The van der Waals surface area contributed by atoms with Crippen LogP contribution in [0.5, 0.6) is 0 Å². The molecule has 0 radical (unpaired) electrons. The van der Waals surface area contributed by atoms with Crippen molar-refractivity contribution in [1.29, 1.82) is 0 Å². The molecule has 18 heavy (non-hydrogen) atoms. The van der Waals surface area contributed by atoms with Crippen LogP contribution in [0.3, 0.4) is 0 Å². The highest BCUT2D eigenvalue weighted by atomic mass is 32.2. The summed E-state index contributed by atoms with van der Waals surface area (Å²) in [6.07, 6.45) is 0.